The molecule has 0 spiro atoms. The summed E-state index contributed by atoms with van der Waals surface area (Å²) in [6.45, 7) is 0.821. The molecule has 1 aromatic carbocycles. The molecule has 104 valence electrons. The van der Waals surface area contributed by atoms with Gasteiger partial charge in [-0.05, 0) is 36.0 Å². The Hall–Kier alpha value is -1.06. The third-order valence-corrected chi connectivity index (χ3v) is 4.66. The van der Waals surface area contributed by atoms with Crippen LogP contribution in [0.3, 0.4) is 0 Å². The maximum absolute atomic E-state index is 5.75. The van der Waals surface area contributed by atoms with Crippen molar-refractivity contribution in [1.82, 2.24) is 5.43 Å². The summed E-state index contributed by atoms with van der Waals surface area (Å²) in [5.74, 6) is 7.73. The van der Waals surface area contributed by atoms with Gasteiger partial charge in [0, 0.05) is 12.5 Å². The zero-order valence-corrected chi connectivity index (χ0v) is 11.5. The normalized spacial score (nSPS) is 20.3. The van der Waals surface area contributed by atoms with Crippen molar-refractivity contribution in [3.05, 3.63) is 29.3 Å². The number of benzene rings is 1. The standard InChI is InChI=1S/C16H24N2O/c17-18-15(7-5-12-3-1-2-4-12)13-6-8-16-14(11-13)9-10-19-16/h6,8,11-12,15,18H,1-5,7,9-10,17H2. The molecule has 19 heavy (non-hydrogen) atoms. The van der Waals surface area contributed by atoms with Gasteiger partial charge in [0.2, 0.25) is 0 Å². The van der Waals surface area contributed by atoms with Crippen molar-refractivity contribution >= 4 is 0 Å². The van der Waals surface area contributed by atoms with Gasteiger partial charge in [-0.3, -0.25) is 11.3 Å². The summed E-state index contributed by atoms with van der Waals surface area (Å²) in [5, 5.41) is 0. The van der Waals surface area contributed by atoms with Crippen LogP contribution in [0.4, 0.5) is 0 Å². The third kappa shape index (κ3) is 2.93. The van der Waals surface area contributed by atoms with Gasteiger partial charge in [-0.1, -0.05) is 37.8 Å². The van der Waals surface area contributed by atoms with Crippen LogP contribution in [0.15, 0.2) is 18.2 Å². The van der Waals surface area contributed by atoms with E-state index in [1.165, 1.54) is 43.2 Å². The van der Waals surface area contributed by atoms with Crippen LogP contribution >= 0.6 is 0 Å². The predicted octanol–water partition coefficient (Wildman–Crippen LogP) is 3.10. The van der Waals surface area contributed by atoms with Gasteiger partial charge in [0.15, 0.2) is 0 Å². The summed E-state index contributed by atoms with van der Waals surface area (Å²) >= 11 is 0. The fourth-order valence-electron chi connectivity index (χ4n) is 3.47. The lowest BCUT2D eigenvalue weighted by atomic mass is 9.94. The Morgan fingerprint density at radius 1 is 1.32 bits per heavy atom. The maximum Gasteiger partial charge on any atom is 0.122 e. The SMILES string of the molecule is NNC(CCC1CCCC1)c1ccc2c(c1)CCO2. The van der Waals surface area contributed by atoms with Gasteiger partial charge in [-0.2, -0.15) is 0 Å². The van der Waals surface area contributed by atoms with E-state index >= 15 is 0 Å². The molecule has 1 fully saturated rings. The number of ether oxygens (including phenoxy) is 1. The van der Waals surface area contributed by atoms with Gasteiger partial charge in [0.25, 0.3) is 0 Å². The average Bonchev–Trinajstić information content (AvgIpc) is 3.09. The number of rotatable bonds is 5. The van der Waals surface area contributed by atoms with Crippen molar-refractivity contribution in [2.45, 2.75) is 51.0 Å². The van der Waals surface area contributed by atoms with Crippen LogP contribution in [0.2, 0.25) is 0 Å². The molecule has 0 saturated heterocycles. The van der Waals surface area contributed by atoms with Gasteiger partial charge in [-0.25, -0.2) is 0 Å². The first kappa shape index (κ1) is 12.9. The smallest absolute Gasteiger partial charge is 0.122 e. The molecule has 1 aromatic rings. The zero-order chi connectivity index (χ0) is 13.1. The predicted molar refractivity (Wildman–Crippen MR) is 76.9 cm³/mol. The molecule has 1 saturated carbocycles. The molecular formula is C16H24N2O. The number of hydrogen-bond donors (Lipinski definition) is 2. The second-order valence-corrected chi connectivity index (χ2v) is 5.91. The zero-order valence-electron chi connectivity index (χ0n) is 11.5. The Kier molecular flexibility index (Phi) is 4.04. The number of nitrogens with two attached hydrogens (primary N) is 1. The maximum atomic E-state index is 5.75. The molecule has 3 heteroatoms. The molecular weight excluding hydrogens is 236 g/mol. The van der Waals surface area contributed by atoms with Crippen molar-refractivity contribution in [2.75, 3.05) is 6.61 Å². The minimum Gasteiger partial charge on any atom is -0.493 e. The van der Waals surface area contributed by atoms with Gasteiger partial charge in [0.1, 0.15) is 5.75 Å². The van der Waals surface area contributed by atoms with E-state index in [0.29, 0.717) is 0 Å². The van der Waals surface area contributed by atoms with E-state index in [4.69, 9.17) is 10.6 Å². The van der Waals surface area contributed by atoms with E-state index in [1.54, 1.807) is 0 Å². The van der Waals surface area contributed by atoms with Gasteiger partial charge in [0.05, 0.1) is 6.61 Å². The third-order valence-electron chi connectivity index (χ3n) is 4.66. The topological polar surface area (TPSA) is 47.3 Å². The summed E-state index contributed by atoms with van der Waals surface area (Å²) < 4.78 is 5.56. The average molecular weight is 260 g/mol. The fourth-order valence-corrected chi connectivity index (χ4v) is 3.47. The van der Waals surface area contributed by atoms with Crippen LogP contribution in [-0.4, -0.2) is 6.61 Å². The molecule has 0 radical (unpaired) electrons. The highest BCUT2D eigenvalue weighted by atomic mass is 16.5. The van der Waals surface area contributed by atoms with E-state index < -0.39 is 0 Å². The Labute approximate surface area is 115 Å². The van der Waals surface area contributed by atoms with Crippen molar-refractivity contribution in [3.63, 3.8) is 0 Å². The first-order chi connectivity index (χ1) is 9.36. The second-order valence-electron chi connectivity index (χ2n) is 5.91. The molecule has 1 heterocycles. The van der Waals surface area contributed by atoms with E-state index in [-0.39, 0.29) is 6.04 Å². The highest BCUT2D eigenvalue weighted by molar-refractivity contribution is 5.40. The van der Waals surface area contributed by atoms with E-state index in [0.717, 1.165) is 31.1 Å². The largest absolute Gasteiger partial charge is 0.493 e. The summed E-state index contributed by atoms with van der Waals surface area (Å²) in [4.78, 5) is 0. The molecule has 1 aliphatic carbocycles. The molecule has 1 aliphatic heterocycles. The molecule has 3 rings (SSSR count). The Balaban J connectivity index is 1.64. The first-order valence-corrected chi connectivity index (χ1v) is 7.58. The lowest BCUT2D eigenvalue weighted by Gasteiger charge is -2.19. The van der Waals surface area contributed by atoms with Crippen LogP contribution in [0, 0.1) is 5.92 Å². The summed E-state index contributed by atoms with van der Waals surface area (Å²) in [6.07, 6.45) is 9.13. The molecule has 0 amide bonds. The van der Waals surface area contributed by atoms with Crippen molar-refractivity contribution in [2.24, 2.45) is 11.8 Å². The molecule has 0 aromatic heterocycles. The van der Waals surface area contributed by atoms with Crippen LogP contribution in [0.1, 0.15) is 55.7 Å². The Bertz CT molecular complexity index is 427. The van der Waals surface area contributed by atoms with Gasteiger partial charge >= 0.3 is 0 Å². The second kappa shape index (κ2) is 5.93. The fraction of sp³-hybridized carbons (Fsp3) is 0.625. The summed E-state index contributed by atoms with van der Waals surface area (Å²) in [5.41, 5.74) is 5.63. The van der Waals surface area contributed by atoms with Gasteiger partial charge < -0.3 is 4.74 Å². The molecule has 2 aliphatic rings. The number of fused-ring (bicyclic) bond motifs is 1. The van der Waals surface area contributed by atoms with Crippen LogP contribution < -0.4 is 16.0 Å². The van der Waals surface area contributed by atoms with Crippen LogP contribution in [0.5, 0.6) is 5.75 Å². The van der Waals surface area contributed by atoms with Crippen molar-refractivity contribution in [1.29, 1.82) is 0 Å². The molecule has 1 atom stereocenters. The van der Waals surface area contributed by atoms with Crippen molar-refractivity contribution < 1.29 is 4.74 Å². The summed E-state index contributed by atoms with van der Waals surface area (Å²) in [7, 11) is 0. The quantitative estimate of drug-likeness (QED) is 0.631. The number of hydrogen-bond acceptors (Lipinski definition) is 3. The number of hydrazine groups is 1. The minimum absolute atomic E-state index is 0.284. The monoisotopic (exact) mass is 260 g/mol. The lowest BCUT2D eigenvalue weighted by molar-refractivity contribution is 0.356. The highest BCUT2D eigenvalue weighted by Gasteiger charge is 2.19. The number of nitrogens with one attached hydrogen (secondary N) is 1. The Morgan fingerprint density at radius 2 is 2.16 bits per heavy atom. The summed E-state index contributed by atoms with van der Waals surface area (Å²) in [6, 6.07) is 6.80. The molecule has 1 unspecified atom stereocenters. The van der Waals surface area contributed by atoms with Crippen molar-refractivity contribution in [3.8, 4) is 5.75 Å². The molecule has 3 N–H and O–H groups in total. The van der Waals surface area contributed by atoms with E-state index in [9.17, 15) is 0 Å². The molecule has 3 nitrogen and oxygen atoms in total. The van der Waals surface area contributed by atoms with Crippen LogP contribution in [0.25, 0.3) is 0 Å². The first-order valence-electron chi connectivity index (χ1n) is 7.58. The minimum atomic E-state index is 0.284. The van der Waals surface area contributed by atoms with E-state index in [2.05, 4.69) is 23.6 Å². The lowest BCUT2D eigenvalue weighted by Crippen LogP contribution is -2.28. The Morgan fingerprint density at radius 3 is 2.95 bits per heavy atom. The highest BCUT2D eigenvalue weighted by Crippen LogP contribution is 2.33. The van der Waals surface area contributed by atoms with Crippen LogP contribution in [-0.2, 0) is 6.42 Å². The van der Waals surface area contributed by atoms with Gasteiger partial charge in [-0.15, -0.1) is 0 Å². The van der Waals surface area contributed by atoms with E-state index in [1.807, 2.05) is 0 Å². The molecule has 0 bridgehead atoms.